The highest BCUT2D eigenvalue weighted by Crippen LogP contribution is 2.19. The smallest absolute Gasteiger partial charge is 0.352 e. The van der Waals surface area contributed by atoms with Crippen LogP contribution in [-0.2, 0) is 4.74 Å². The molecule has 98 valence electrons. The average Bonchev–Trinajstić information content (AvgIpc) is 2.38. The highest BCUT2D eigenvalue weighted by Gasteiger charge is 2.02. The highest BCUT2D eigenvalue weighted by atomic mass is 33.1. The van der Waals surface area contributed by atoms with Crippen LogP contribution in [0.5, 0.6) is 0 Å². The Kier molecular flexibility index (Phi) is 10.4. The van der Waals surface area contributed by atoms with Crippen molar-refractivity contribution in [3.63, 3.8) is 0 Å². The Hall–Kier alpha value is -1.05. The third-order valence-electron chi connectivity index (χ3n) is 1.68. The molecular weight excluding hydrogens is 264 g/mol. The number of terminal acetylenes is 1. The predicted octanol–water partition coefficient (Wildman–Crippen LogP) is 4.09. The molecule has 0 heterocycles. The van der Waals surface area contributed by atoms with Crippen molar-refractivity contribution >= 4 is 27.6 Å². The fourth-order valence-corrected chi connectivity index (χ4v) is 2.52. The average molecular weight is 282 g/mol. The fraction of sp³-hybridized carbons (Fsp3) is 0.357. The van der Waals surface area contributed by atoms with Crippen LogP contribution >= 0.6 is 21.6 Å². The molecule has 0 saturated heterocycles. The van der Waals surface area contributed by atoms with E-state index in [4.69, 9.17) is 6.42 Å². The van der Waals surface area contributed by atoms with Crippen LogP contribution in [0.15, 0.2) is 30.3 Å². The topological polar surface area (TPSA) is 26.3 Å². The van der Waals surface area contributed by atoms with Crippen molar-refractivity contribution < 1.29 is 9.53 Å². The first-order valence-electron chi connectivity index (χ1n) is 5.49. The zero-order valence-corrected chi connectivity index (χ0v) is 12.5. The summed E-state index contributed by atoms with van der Waals surface area (Å²) in [5.74, 6) is 1.63. The minimum atomic E-state index is -0.493. The van der Waals surface area contributed by atoms with Crippen molar-refractivity contribution in [1.29, 1.82) is 0 Å². The Morgan fingerprint density at radius 2 is 2.00 bits per heavy atom. The molecule has 0 atom stereocenters. The molecule has 0 radical (unpaired) electrons. The number of hydrogen-bond donors (Lipinski definition) is 0. The van der Waals surface area contributed by atoms with Crippen LogP contribution in [0.2, 0.25) is 0 Å². The van der Waals surface area contributed by atoms with Gasteiger partial charge in [-0.05, 0) is 24.3 Å². The normalized spacial score (nSPS) is 9.06. The SMILES string of the molecule is C#COC(=O)c1ccccc1.CSSCC(C)C. The molecule has 18 heavy (non-hydrogen) atoms. The van der Waals surface area contributed by atoms with Gasteiger partial charge in [0.05, 0.1) is 5.56 Å². The molecule has 0 fully saturated rings. The molecule has 1 aromatic rings. The van der Waals surface area contributed by atoms with Gasteiger partial charge < -0.3 is 4.74 Å². The molecule has 0 aliphatic carbocycles. The first-order chi connectivity index (χ1) is 8.61. The van der Waals surface area contributed by atoms with Crippen LogP contribution in [0, 0.1) is 18.4 Å². The van der Waals surface area contributed by atoms with Gasteiger partial charge in [-0.25, -0.2) is 4.79 Å². The van der Waals surface area contributed by atoms with Crippen LogP contribution in [0.3, 0.4) is 0 Å². The van der Waals surface area contributed by atoms with Gasteiger partial charge in [0.1, 0.15) is 6.11 Å². The van der Waals surface area contributed by atoms with Crippen molar-refractivity contribution in [2.24, 2.45) is 5.92 Å². The molecule has 0 amide bonds. The number of benzene rings is 1. The van der Waals surface area contributed by atoms with Gasteiger partial charge in [0.25, 0.3) is 0 Å². The van der Waals surface area contributed by atoms with E-state index in [-0.39, 0.29) is 0 Å². The lowest BCUT2D eigenvalue weighted by Gasteiger charge is -1.98. The molecule has 0 aliphatic heterocycles. The van der Waals surface area contributed by atoms with E-state index in [9.17, 15) is 4.79 Å². The molecule has 0 spiro atoms. The van der Waals surface area contributed by atoms with Gasteiger partial charge in [0.15, 0.2) is 0 Å². The maximum Gasteiger partial charge on any atom is 0.352 e. The zero-order valence-electron chi connectivity index (χ0n) is 10.9. The zero-order chi connectivity index (χ0) is 13.8. The third-order valence-corrected chi connectivity index (χ3v) is 3.83. The Bertz CT molecular complexity index is 369. The van der Waals surface area contributed by atoms with Gasteiger partial charge in [-0.1, -0.05) is 60.1 Å². The van der Waals surface area contributed by atoms with E-state index in [1.807, 2.05) is 33.8 Å². The fourth-order valence-electron chi connectivity index (χ4n) is 0.891. The van der Waals surface area contributed by atoms with Gasteiger partial charge in [-0.2, -0.15) is 0 Å². The summed E-state index contributed by atoms with van der Waals surface area (Å²) in [6.45, 7) is 4.48. The van der Waals surface area contributed by atoms with E-state index >= 15 is 0 Å². The molecule has 0 aliphatic rings. The maximum absolute atomic E-state index is 10.9. The molecule has 1 rings (SSSR count). The molecular formula is C14H18O2S2. The highest BCUT2D eigenvalue weighted by molar-refractivity contribution is 8.76. The van der Waals surface area contributed by atoms with E-state index in [0.717, 1.165) is 5.92 Å². The number of carbonyl (C=O) groups is 1. The molecule has 0 unspecified atom stereocenters. The minimum Gasteiger partial charge on any atom is -0.369 e. The Balaban J connectivity index is 0.000000360. The van der Waals surface area contributed by atoms with Crippen LogP contribution in [0.1, 0.15) is 24.2 Å². The largest absolute Gasteiger partial charge is 0.369 e. The first-order valence-corrected chi connectivity index (χ1v) is 8.22. The molecule has 4 heteroatoms. The van der Waals surface area contributed by atoms with Crippen molar-refractivity contribution in [1.82, 2.24) is 0 Å². The van der Waals surface area contributed by atoms with Crippen LogP contribution < -0.4 is 0 Å². The van der Waals surface area contributed by atoms with Crippen molar-refractivity contribution in [2.45, 2.75) is 13.8 Å². The summed E-state index contributed by atoms with van der Waals surface area (Å²) in [4.78, 5) is 10.9. The quantitative estimate of drug-likeness (QED) is 0.472. The van der Waals surface area contributed by atoms with E-state index in [1.54, 1.807) is 24.3 Å². The maximum atomic E-state index is 10.9. The molecule has 0 bridgehead atoms. The predicted molar refractivity (Wildman–Crippen MR) is 81.5 cm³/mol. The molecule has 1 aromatic carbocycles. The van der Waals surface area contributed by atoms with Gasteiger partial charge in [-0.15, -0.1) is 0 Å². The summed E-state index contributed by atoms with van der Waals surface area (Å²) in [6, 6.07) is 8.58. The number of rotatable bonds is 4. The lowest BCUT2D eigenvalue weighted by molar-refractivity contribution is 0.0691. The van der Waals surface area contributed by atoms with Crippen LogP contribution in [0.25, 0.3) is 0 Å². The second kappa shape index (κ2) is 11.1. The second-order valence-electron chi connectivity index (χ2n) is 3.72. The number of carbonyl (C=O) groups excluding carboxylic acids is 1. The van der Waals surface area contributed by atoms with Crippen LogP contribution in [-0.4, -0.2) is 18.0 Å². The molecule has 0 saturated carbocycles. The molecule has 0 N–H and O–H groups in total. The lowest BCUT2D eigenvalue weighted by atomic mass is 10.2. The van der Waals surface area contributed by atoms with E-state index in [1.165, 1.54) is 5.75 Å². The molecule has 2 nitrogen and oxygen atoms in total. The van der Waals surface area contributed by atoms with E-state index < -0.39 is 5.97 Å². The Morgan fingerprint density at radius 3 is 2.39 bits per heavy atom. The number of esters is 1. The Morgan fingerprint density at radius 1 is 1.39 bits per heavy atom. The van der Waals surface area contributed by atoms with Gasteiger partial charge in [0, 0.05) is 5.75 Å². The monoisotopic (exact) mass is 282 g/mol. The third kappa shape index (κ3) is 9.03. The summed E-state index contributed by atoms with van der Waals surface area (Å²) in [7, 11) is 3.78. The van der Waals surface area contributed by atoms with Crippen LogP contribution in [0.4, 0.5) is 0 Å². The number of hydrogen-bond acceptors (Lipinski definition) is 4. The minimum absolute atomic E-state index is 0.463. The Labute approximate surface area is 117 Å². The summed E-state index contributed by atoms with van der Waals surface area (Å²) in [5.41, 5.74) is 0.463. The van der Waals surface area contributed by atoms with Crippen molar-refractivity contribution in [2.75, 3.05) is 12.0 Å². The summed E-state index contributed by atoms with van der Waals surface area (Å²) < 4.78 is 4.32. The van der Waals surface area contributed by atoms with E-state index in [2.05, 4.69) is 24.8 Å². The summed E-state index contributed by atoms with van der Waals surface area (Å²) >= 11 is 0. The van der Waals surface area contributed by atoms with Crippen molar-refractivity contribution in [3.05, 3.63) is 35.9 Å². The first kappa shape index (κ1) is 16.9. The van der Waals surface area contributed by atoms with Crippen molar-refractivity contribution in [3.8, 4) is 12.5 Å². The molecule has 0 aromatic heterocycles. The number of ether oxygens (including phenoxy) is 1. The lowest BCUT2D eigenvalue weighted by Crippen LogP contribution is -1.99. The summed E-state index contributed by atoms with van der Waals surface area (Å²) in [5, 5.41) is 0. The standard InChI is InChI=1S/C9H6O2.C5H12S2/c1-2-11-9(10)8-6-4-3-5-7-8;1-5(2)4-7-6-3/h1,3-7H;5H,4H2,1-3H3. The van der Waals surface area contributed by atoms with E-state index in [0.29, 0.717) is 5.56 Å². The van der Waals surface area contributed by atoms with Gasteiger partial charge in [-0.3, -0.25) is 0 Å². The second-order valence-corrected chi connectivity index (χ2v) is 6.33. The van der Waals surface area contributed by atoms with Gasteiger partial charge in [0.2, 0.25) is 0 Å². The van der Waals surface area contributed by atoms with Gasteiger partial charge >= 0.3 is 5.97 Å². The summed E-state index contributed by atoms with van der Waals surface area (Å²) in [6.07, 6.45) is 8.71.